The highest BCUT2D eigenvalue weighted by molar-refractivity contribution is 5.79. The lowest BCUT2D eigenvalue weighted by molar-refractivity contribution is 0.421. The maximum atomic E-state index is 5.26. The number of nitrogens with zero attached hydrogens (tertiary/aromatic N) is 6. The fourth-order valence-electron chi connectivity index (χ4n) is 2.30. The molecule has 26 heavy (non-hydrogen) atoms. The lowest BCUT2D eigenvalue weighted by atomic mass is 10.3. The maximum Gasteiger partial charge on any atom is 0.276 e. The van der Waals surface area contributed by atoms with Crippen molar-refractivity contribution in [2.24, 2.45) is 12.0 Å². The van der Waals surface area contributed by atoms with E-state index in [-0.39, 0.29) is 0 Å². The Bertz CT molecular complexity index is 839. The highest BCUT2D eigenvalue weighted by atomic mass is 16.5. The highest BCUT2D eigenvalue weighted by Gasteiger charge is 2.09. The molecule has 3 rings (SSSR count). The van der Waals surface area contributed by atoms with E-state index in [2.05, 4.69) is 35.8 Å². The number of aryl methyl sites for hydroxylation is 1. The van der Waals surface area contributed by atoms with Crippen molar-refractivity contribution in [3.8, 4) is 11.6 Å². The van der Waals surface area contributed by atoms with Crippen molar-refractivity contribution in [1.82, 2.24) is 35.5 Å². The number of nitrogens with one attached hydrogen (secondary N) is 2. The van der Waals surface area contributed by atoms with Crippen LogP contribution in [0.25, 0.3) is 11.6 Å². The fraction of sp³-hybridized carbons (Fsp3) is 0.353. The van der Waals surface area contributed by atoms with Crippen LogP contribution in [-0.2, 0) is 20.0 Å². The van der Waals surface area contributed by atoms with Crippen molar-refractivity contribution < 1.29 is 4.52 Å². The van der Waals surface area contributed by atoms with E-state index in [4.69, 9.17) is 4.52 Å². The van der Waals surface area contributed by atoms with E-state index in [0.29, 0.717) is 36.9 Å². The lowest BCUT2D eigenvalue weighted by Gasteiger charge is -2.10. The van der Waals surface area contributed by atoms with Gasteiger partial charge in [0, 0.05) is 39.0 Å². The van der Waals surface area contributed by atoms with Gasteiger partial charge in [0.15, 0.2) is 11.8 Å². The van der Waals surface area contributed by atoms with Crippen molar-refractivity contribution in [2.45, 2.75) is 19.9 Å². The van der Waals surface area contributed by atoms with Crippen molar-refractivity contribution in [3.63, 3.8) is 0 Å². The third kappa shape index (κ3) is 4.65. The van der Waals surface area contributed by atoms with Gasteiger partial charge in [0.2, 0.25) is 0 Å². The van der Waals surface area contributed by atoms with Gasteiger partial charge in [0.1, 0.15) is 5.69 Å². The number of hydrogen-bond acceptors (Lipinski definition) is 6. The summed E-state index contributed by atoms with van der Waals surface area (Å²) in [6.07, 6.45) is 4.08. The average molecular weight is 354 g/mol. The number of hydrogen-bond donors (Lipinski definition) is 2. The summed E-state index contributed by atoms with van der Waals surface area (Å²) in [4.78, 5) is 13.1. The molecule has 0 fully saturated rings. The van der Waals surface area contributed by atoms with Crippen molar-refractivity contribution in [3.05, 3.63) is 48.2 Å². The summed E-state index contributed by atoms with van der Waals surface area (Å²) in [5, 5.41) is 14.6. The second-order valence-corrected chi connectivity index (χ2v) is 5.55. The minimum atomic E-state index is 0.428. The summed E-state index contributed by atoms with van der Waals surface area (Å²) in [6.45, 7) is 4.00. The zero-order chi connectivity index (χ0) is 18.2. The molecule has 0 unspecified atom stereocenters. The average Bonchev–Trinajstić information content (AvgIpc) is 3.29. The quantitative estimate of drug-likeness (QED) is 0.484. The molecule has 0 aliphatic carbocycles. The summed E-state index contributed by atoms with van der Waals surface area (Å²) in [7, 11) is 1.90. The summed E-state index contributed by atoms with van der Waals surface area (Å²) in [5.74, 6) is 1.79. The topological polar surface area (TPSA) is 106 Å². The van der Waals surface area contributed by atoms with Crippen LogP contribution < -0.4 is 10.6 Å². The summed E-state index contributed by atoms with van der Waals surface area (Å²) < 4.78 is 7.07. The van der Waals surface area contributed by atoms with Crippen LogP contribution in [0, 0.1) is 0 Å². The first-order chi connectivity index (χ1) is 12.8. The molecule has 0 spiro atoms. The number of aliphatic imine (C=N–C) groups is 1. The fourth-order valence-corrected chi connectivity index (χ4v) is 2.30. The van der Waals surface area contributed by atoms with E-state index < -0.39 is 0 Å². The Morgan fingerprint density at radius 3 is 2.88 bits per heavy atom. The Morgan fingerprint density at radius 1 is 1.23 bits per heavy atom. The van der Waals surface area contributed by atoms with E-state index in [1.165, 1.54) is 0 Å². The molecule has 0 aliphatic rings. The predicted molar refractivity (Wildman–Crippen MR) is 97.3 cm³/mol. The Kier molecular flexibility index (Phi) is 5.92. The van der Waals surface area contributed by atoms with Gasteiger partial charge in [0.25, 0.3) is 5.89 Å². The van der Waals surface area contributed by atoms with Gasteiger partial charge in [-0.3, -0.25) is 9.67 Å². The monoisotopic (exact) mass is 354 g/mol. The predicted octanol–water partition coefficient (Wildman–Crippen LogP) is 1.16. The maximum absolute atomic E-state index is 5.26. The molecule has 136 valence electrons. The Morgan fingerprint density at radius 2 is 2.15 bits per heavy atom. The van der Waals surface area contributed by atoms with Gasteiger partial charge >= 0.3 is 0 Å². The van der Waals surface area contributed by atoms with Crippen molar-refractivity contribution in [1.29, 1.82) is 0 Å². The van der Waals surface area contributed by atoms with Crippen LogP contribution in [0.3, 0.4) is 0 Å². The van der Waals surface area contributed by atoms with Gasteiger partial charge in [-0.05, 0) is 25.1 Å². The van der Waals surface area contributed by atoms with E-state index in [0.717, 1.165) is 18.2 Å². The van der Waals surface area contributed by atoms with Gasteiger partial charge < -0.3 is 15.2 Å². The zero-order valence-corrected chi connectivity index (χ0v) is 14.9. The molecule has 9 heteroatoms. The van der Waals surface area contributed by atoms with E-state index >= 15 is 0 Å². The molecule has 0 radical (unpaired) electrons. The van der Waals surface area contributed by atoms with Crippen LogP contribution in [0.15, 0.2) is 46.2 Å². The van der Waals surface area contributed by atoms with Gasteiger partial charge in [-0.25, -0.2) is 4.99 Å². The van der Waals surface area contributed by atoms with Crippen LogP contribution in [0.2, 0.25) is 0 Å². The molecule has 0 saturated heterocycles. The number of rotatable bonds is 7. The molecule has 0 atom stereocenters. The SMILES string of the molecule is CCNC(=NCc1ccnn1C)NCCc1noc(-c2ccccn2)n1. The van der Waals surface area contributed by atoms with Gasteiger partial charge in [-0.1, -0.05) is 11.2 Å². The third-order valence-electron chi connectivity index (χ3n) is 3.66. The standard InChI is InChI=1S/C17H22N8O/c1-3-18-17(21-12-13-7-11-22-25(13)2)20-10-8-15-23-16(26-24-15)14-6-4-5-9-19-14/h4-7,9,11H,3,8,10,12H2,1-2H3,(H2,18,20,21). The minimum Gasteiger partial charge on any atom is -0.357 e. The minimum absolute atomic E-state index is 0.428. The molecule has 3 aromatic rings. The normalized spacial score (nSPS) is 11.5. The van der Waals surface area contributed by atoms with Gasteiger partial charge in [0.05, 0.1) is 12.2 Å². The van der Waals surface area contributed by atoms with Crippen LogP contribution in [0.1, 0.15) is 18.4 Å². The van der Waals surface area contributed by atoms with Crippen LogP contribution in [0.4, 0.5) is 0 Å². The first-order valence-electron chi connectivity index (χ1n) is 8.49. The first-order valence-corrected chi connectivity index (χ1v) is 8.49. The molecule has 3 heterocycles. The molecular weight excluding hydrogens is 332 g/mol. The van der Waals surface area contributed by atoms with Crippen LogP contribution >= 0.6 is 0 Å². The number of guanidine groups is 1. The van der Waals surface area contributed by atoms with Crippen molar-refractivity contribution >= 4 is 5.96 Å². The molecule has 9 nitrogen and oxygen atoms in total. The van der Waals surface area contributed by atoms with Crippen LogP contribution in [-0.4, -0.2) is 44.0 Å². The summed E-state index contributed by atoms with van der Waals surface area (Å²) in [6, 6.07) is 7.52. The van der Waals surface area contributed by atoms with Gasteiger partial charge in [-0.2, -0.15) is 10.1 Å². The first kappa shape index (κ1) is 17.6. The smallest absolute Gasteiger partial charge is 0.276 e. The molecule has 0 saturated carbocycles. The molecule has 2 N–H and O–H groups in total. The Labute approximate surface area is 151 Å². The molecule has 0 aliphatic heterocycles. The largest absolute Gasteiger partial charge is 0.357 e. The zero-order valence-electron chi connectivity index (χ0n) is 14.9. The summed E-state index contributed by atoms with van der Waals surface area (Å²) in [5.41, 5.74) is 1.71. The molecule has 0 aromatic carbocycles. The molecule has 3 aromatic heterocycles. The second-order valence-electron chi connectivity index (χ2n) is 5.55. The number of aromatic nitrogens is 5. The third-order valence-corrected chi connectivity index (χ3v) is 3.66. The molecular formula is C17H22N8O. The van der Waals surface area contributed by atoms with E-state index in [9.17, 15) is 0 Å². The highest BCUT2D eigenvalue weighted by Crippen LogP contribution is 2.13. The second kappa shape index (κ2) is 8.75. The summed E-state index contributed by atoms with van der Waals surface area (Å²) >= 11 is 0. The van der Waals surface area contributed by atoms with E-state index in [1.54, 1.807) is 12.4 Å². The Balaban J connectivity index is 1.53. The van der Waals surface area contributed by atoms with Crippen molar-refractivity contribution in [2.75, 3.05) is 13.1 Å². The molecule has 0 bridgehead atoms. The number of pyridine rings is 1. The van der Waals surface area contributed by atoms with E-state index in [1.807, 2.05) is 42.9 Å². The van der Waals surface area contributed by atoms with Gasteiger partial charge in [-0.15, -0.1) is 0 Å². The Hall–Kier alpha value is -3.23. The lowest BCUT2D eigenvalue weighted by Crippen LogP contribution is -2.38. The molecule has 0 amide bonds. The van der Waals surface area contributed by atoms with Crippen LogP contribution in [0.5, 0.6) is 0 Å².